The van der Waals surface area contributed by atoms with Gasteiger partial charge in [-0.05, 0) is 51.7 Å². The quantitative estimate of drug-likeness (QED) is 0.840. The fraction of sp³-hybridized carbons (Fsp3) is 0.611. The van der Waals surface area contributed by atoms with Gasteiger partial charge in [0.1, 0.15) is 5.60 Å². The van der Waals surface area contributed by atoms with Gasteiger partial charge in [0, 0.05) is 30.1 Å². The molecule has 0 radical (unpaired) electrons. The van der Waals surface area contributed by atoms with Crippen molar-refractivity contribution >= 4 is 22.0 Å². The van der Waals surface area contributed by atoms with Gasteiger partial charge in [-0.1, -0.05) is 34.1 Å². The fourth-order valence-corrected chi connectivity index (χ4v) is 3.40. The standard InChI is InChI=1S/C18H27BrN2O2/c1-13(15-7-5-6-8-16(15)19)20-11-14-9-10-21(12-14)17(22)23-18(2,3)4/h5-8,13-14,20H,9-12H2,1-4H3. The lowest BCUT2D eigenvalue weighted by molar-refractivity contribution is 0.0288. The first kappa shape index (κ1) is 18.3. The topological polar surface area (TPSA) is 41.6 Å². The Morgan fingerprint density at radius 2 is 2.13 bits per heavy atom. The monoisotopic (exact) mass is 382 g/mol. The van der Waals surface area contributed by atoms with Crippen LogP contribution in [0.15, 0.2) is 28.7 Å². The van der Waals surface area contributed by atoms with Crippen molar-refractivity contribution in [3.8, 4) is 0 Å². The number of likely N-dealkylation sites (tertiary alicyclic amines) is 1. The average Bonchev–Trinajstić information content (AvgIpc) is 2.92. The lowest BCUT2D eigenvalue weighted by Crippen LogP contribution is -2.36. The summed E-state index contributed by atoms with van der Waals surface area (Å²) < 4.78 is 6.57. The number of nitrogens with one attached hydrogen (secondary N) is 1. The highest BCUT2D eigenvalue weighted by Crippen LogP contribution is 2.24. The summed E-state index contributed by atoms with van der Waals surface area (Å²) in [4.78, 5) is 13.9. The molecule has 2 atom stereocenters. The van der Waals surface area contributed by atoms with Crippen LogP contribution >= 0.6 is 15.9 Å². The van der Waals surface area contributed by atoms with Crippen molar-refractivity contribution in [3.05, 3.63) is 34.3 Å². The summed E-state index contributed by atoms with van der Waals surface area (Å²) in [6, 6.07) is 8.55. The zero-order chi connectivity index (χ0) is 17.0. The molecule has 1 aromatic carbocycles. The van der Waals surface area contributed by atoms with Crippen LogP contribution in [0.5, 0.6) is 0 Å². The van der Waals surface area contributed by atoms with Gasteiger partial charge in [-0.2, -0.15) is 0 Å². The minimum atomic E-state index is -0.429. The van der Waals surface area contributed by atoms with E-state index in [1.165, 1.54) is 5.56 Å². The average molecular weight is 383 g/mol. The zero-order valence-electron chi connectivity index (χ0n) is 14.4. The van der Waals surface area contributed by atoms with Gasteiger partial charge in [-0.15, -0.1) is 0 Å². The van der Waals surface area contributed by atoms with Crippen LogP contribution in [0.1, 0.15) is 45.7 Å². The molecular weight excluding hydrogens is 356 g/mol. The Balaban J connectivity index is 1.80. The van der Waals surface area contributed by atoms with Crippen molar-refractivity contribution < 1.29 is 9.53 Å². The Kier molecular flexibility index (Phi) is 6.09. The Morgan fingerprint density at radius 1 is 1.43 bits per heavy atom. The van der Waals surface area contributed by atoms with Crippen molar-refractivity contribution in [2.45, 2.75) is 45.8 Å². The van der Waals surface area contributed by atoms with E-state index in [1.54, 1.807) is 0 Å². The third-order valence-corrected chi connectivity index (χ3v) is 4.74. The molecule has 0 aliphatic carbocycles. The van der Waals surface area contributed by atoms with E-state index >= 15 is 0 Å². The summed E-state index contributed by atoms with van der Waals surface area (Å²) in [6.45, 7) is 10.3. The first-order chi connectivity index (χ1) is 10.8. The molecule has 1 aliphatic rings. The number of carbonyl (C=O) groups excluding carboxylic acids is 1. The van der Waals surface area contributed by atoms with E-state index in [2.05, 4.69) is 46.4 Å². The molecule has 0 spiro atoms. The van der Waals surface area contributed by atoms with Gasteiger partial charge in [0.05, 0.1) is 0 Å². The summed E-state index contributed by atoms with van der Waals surface area (Å²) in [5.41, 5.74) is 0.830. The number of ether oxygens (including phenoxy) is 1. The van der Waals surface area contributed by atoms with Crippen LogP contribution < -0.4 is 5.32 Å². The number of nitrogens with zero attached hydrogens (tertiary/aromatic N) is 1. The summed E-state index contributed by atoms with van der Waals surface area (Å²) in [5, 5.41) is 3.58. The number of hydrogen-bond acceptors (Lipinski definition) is 3. The second kappa shape index (κ2) is 7.67. The number of hydrogen-bond donors (Lipinski definition) is 1. The van der Waals surface area contributed by atoms with Crippen molar-refractivity contribution in [1.82, 2.24) is 10.2 Å². The summed E-state index contributed by atoms with van der Waals surface area (Å²) in [5.74, 6) is 0.479. The molecule has 128 valence electrons. The van der Waals surface area contributed by atoms with E-state index in [1.807, 2.05) is 31.7 Å². The van der Waals surface area contributed by atoms with Crippen LogP contribution in [0.25, 0.3) is 0 Å². The normalized spacial score (nSPS) is 19.7. The predicted molar refractivity (Wildman–Crippen MR) is 96.5 cm³/mol. The van der Waals surface area contributed by atoms with Crippen LogP contribution in [0.2, 0.25) is 0 Å². The molecule has 1 aromatic rings. The number of halogens is 1. The number of carbonyl (C=O) groups is 1. The van der Waals surface area contributed by atoms with Gasteiger partial charge in [0.25, 0.3) is 0 Å². The molecular formula is C18H27BrN2O2. The fourth-order valence-electron chi connectivity index (χ4n) is 2.77. The lowest BCUT2D eigenvalue weighted by Gasteiger charge is -2.24. The maximum absolute atomic E-state index is 12.1. The van der Waals surface area contributed by atoms with Gasteiger partial charge >= 0.3 is 6.09 Å². The summed E-state index contributed by atoms with van der Waals surface area (Å²) in [6.07, 6.45) is 0.827. The van der Waals surface area contributed by atoms with E-state index in [0.29, 0.717) is 5.92 Å². The first-order valence-corrected chi connectivity index (χ1v) is 9.01. The third-order valence-electron chi connectivity index (χ3n) is 4.02. The van der Waals surface area contributed by atoms with Crippen LogP contribution in [-0.2, 0) is 4.74 Å². The van der Waals surface area contributed by atoms with Crippen molar-refractivity contribution in [3.63, 3.8) is 0 Å². The highest BCUT2D eigenvalue weighted by atomic mass is 79.9. The van der Waals surface area contributed by atoms with Crippen molar-refractivity contribution in [2.24, 2.45) is 5.92 Å². The van der Waals surface area contributed by atoms with E-state index in [-0.39, 0.29) is 12.1 Å². The Hall–Kier alpha value is -1.07. The molecule has 2 rings (SSSR count). The Bertz CT molecular complexity index is 542. The number of amides is 1. The molecule has 1 amide bonds. The molecule has 23 heavy (non-hydrogen) atoms. The van der Waals surface area contributed by atoms with Gasteiger partial charge in [0.15, 0.2) is 0 Å². The molecule has 0 bridgehead atoms. The Morgan fingerprint density at radius 3 is 2.78 bits per heavy atom. The van der Waals surface area contributed by atoms with Crippen molar-refractivity contribution in [2.75, 3.05) is 19.6 Å². The van der Waals surface area contributed by atoms with Gasteiger partial charge < -0.3 is 15.0 Å². The molecule has 0 saturated carbocycles. The maximum Gasteiger partial charge on any atom is 0.410 e. The minimum absolute atomic E-state index is 0.196. The van der Waals surface area contributed by atoms with Crippen LogP contribution in [0.3, 0.4) is 0 Å². The van der Waals surface area contributed by atoms with Crippen LogP contribution in [-0.4, -0.2) is 36.2 Å². The highest BCUT2D eigenvalue weighted by molar-refractivity contribution is 9.10. The van der Waals surface area contributed by atoms with E-state index in [4.69, 9.17) is 4.74 Å². The molecule has 1 aliphatic heterocycles. The Labute approximate surface area is 147 Å². The first-order valence-electron chi connectivity index (χ1n) is 8.22. The van der Waals surface area contributed by atoms with E-state index in [0.717, 1.165) is 30.5 Å². The molecule has 1 N–H and O–H groups in total. The smallest absolute Gasteiger partial charge is 0.410 e. The lowest BCUT2D eigenvalue weighted by atomic mass is 10.1. The second-order valence-electron chi connectivity index (χ2n) is 7.23. The maximum atomic E-state index is 12.1. The second-order valence-corrected chi connectivity index (χ2v) is 8.09. The predicted octanol–water partition coefficient (Wildman–Crippen LogP) is 4.36. The molecule has 2 unspecified atom stereocenters. The largest absolute Gasteiger partial charge is 0.444 e. The molecule has 5 heteroatoms. The van der Waals surface area contributed by atoms with Gasteiger partial charge in [-0.25, -0.2) is 4.79 Å². The van der Waals surface area contributed by atoms with E-state index < -0.39 is 5.60 Å². The number of benzene rings is 1. The van der Waals surface area contributed by atoms with Gasteiger partial charge in [-0.3, -0.25) is 0 Å². The number of rotatable bonds is 4. The summed E-state index contributed by atoms with van der Waals surface area (Å²) >= 11 is 3.60. The summed E-state index contributed by atoms with van der Waals surface area (Å²) in [7, 11) is 0. The minimum Gasteiger partial charge on any atom is -0.444 e. The highest BCUT2D eigenvalue weighted by Gasteiger charge is 2.29. The van der Waals surface area contributed by atoms with Gasteiger partial charge in [0.2, 0.25) is 0 Å². The van der Waals surface area contributed by atoms with Crippen molar-refractivity contribution in [1.29, 1.82) is 0 Å². The SMILES string of the molecule is CC(NCC1CCN(C(=O)OC(C)(C)C)C1)c1ccccc1Br. The van der Waals surface area contributed by atoms with Crippen LogP contribution in [0, 0.1) is 5.92 Å². The van der Waals surface area contributed by atoms with Crippen LogP contribution in [0.4, 0.5) is 4.79 Å². The molecule has 0 aromatic heterocycles. The molecule has 4 nitrogen and oxygen atoms in total. The molecule has 1 saturated heterocycles. The molecule has 1 heterocycles. The van der Waals surface area contributed by atoms with E-state index in [9.17, 15) is 4.79 Å². The zero-order valence-corrected chi connectivity index (χ0v) is 16.0. The third kappa shape index (κ3) is 5.50. The molecule has 1 fully saturated rings.